The highest BCUT2D eigenvalue weighted by Crippen LogP contribution is 2.42. The highest BCUT2D eigenvalue weighted by molar-refractivity contribution is 6.01. The molecular formula is C21H22F4N4O3. The minimum absolute atomic E-state index is 0.0298. The number of Topliss-reactive ketones (excluding diaryl/α,β-unsaturated/α-hetero) is 1. The van der Waals surface area contributed by atoms with Crippen LogP contribution in [0.4, 0.5) is 23.2 Å². The third-order valence-corrected chi connectivity index (χ3v) is 5.67. The summed E-state index contributed by atoms with van der Waals surface area (Å²) in [5.41, 5.74) is 2.58. The number of anilines is 1. The summed E-state index contributed by atoms with van der Waals surface area (Å²) < 4.78 is 62.2. The second-order valence-corrected chi connectivity index (χ2v) is 8.94. The third kappa shape index (κ3) is 3.96. The van der Waals surface area contributed by atoms with Gasteiger partial charge in [-0.2, -0.15) is 18.3 Å². The molecule has 2 aliphatic rings. The second-order valence-electron chi connectivity index (χ2n) is 8.94. The Kier molecular flexibility index (Phi) is 5.27. The fraction of sp³-hybridized carbons (Fsp3) is 0.476. The zero-order valence-corrected chi connectivity index (χ0v) is 17.5. The Morgan fingerprint density at radius 3 is 2.62 bits per heavy atom. The fourth-order valence-corrected chi connectivity index (χ4v) is 4.31. The molecule has 7 nitrogen and oxygen atoms in total. The Labute approximate surface area is 180 Å². The van der Waals surface area contributed by atoms with Gasteiger partial charge >= 0.3 is 6.18 Å². The van der Waals surface area contributed by atoms with Crippen LogP contribution < -0.4 is 11.1 Å². The number of aromatic nitrogens is 2. The number of benzene rings is 1. The minimum Gasteiger partial charge on any atom is -0.379 e. The third-order valence-electron chi connectivity index (χ3n) is 5.67. The van der Waals surface area contributed by atoms with E-state index in [9.17, 15) is 27.2 Å². The van der Waals surface area contributed by atoms with Crippen molar-refractivity contribution in [2.75, 3.05) is 18.5 Å². The van der Waals surface area contributed by atoms with Crippen LogP contribution in [0.1, 0.15) is 58.8 Å². The zero-order chi connectivity index (χ0) is 23.4. The van der Waals surface area contributed by atoms with Gasteiger partial charge in [0.05, 0.1) is 40.8 Å². The van der Waals surface area contributed by atoms with E-state index in [-0.39, 0.29) is 36.0 Å². The van der Waals surface area contributed by atoms with Crippen molar-refractivity contribution in [1.29, 1.82) is 0 Å². The van der Waals surface area contributed by atoms with E-state index in [1.807, 2.05) is 0 Å². The molecule has 0 unspecified atom stereocenters. The predicted octanol–water partition coefficient (Wildman–Crippen LogP) is 3.49. The molecule has 1 aromatic carbocycles. The first kappa shape index (κ1) is 22.3. The van der Waals surface area contributed by atoms with Crippen LogP contribution in [0.5, 0.6) is 0 Å². The predicted molar refractivity (Wildman–Crippen MR) is 106 cm³/mol. The quantitative estimate of drug-likeness (QED) is 0.690. The molecule has 2 aromatic rings. The first-order valence-electron chi connectivity index (χ1n) is 10.1. The Morgan fingerprint density at radius 2 is 2.03 bits per heavy atom. The van der Waals surface area contributed by atoms with Gasteiger partial charge in [-0.3, -0.25) is 9.59 Å². The van der Waals surface area contributed by atoms with Crippen LogP contribution in [0.25, 0.3) is 5.69 Å². The van der Waals surface area contributed by atoms with Crippen molar-refractivity contribution in [3.63, 3.8) is 0 Å². The molecule has 3 N–H and O–H groups in total. The monoisotopic (exact) mass is 454 g/mol. The lowest BCUT2D eigenvalue weighted by molar-refractivity contribution is -0.141. The Morgan fingerprint density at radius 1 is 1.31 bits per heavy atom. The van der Waals surface area contributed by atoms with E-state index in [1.165, 1.54) is 6.07 Å². The van der Waals surface area contributed by atoms with E-state index in [2.05, 4.69) is 10.4 Å². The smallest absolute Gasteiger partial charge is 0.379 e. The molecule has 1 aromatic heterocycles. The van der Waals surface area contributed by atoms with E-state index in [0.29, 0.717) is 19.6 Å². The van der Waals surface area contributed by atoms with Crippen molar-refractivity contribution < 1.29 is 31.9 Å². The average molecular weight is 454 g/mol. The second kappa shape index (κ2) is 7.58. The van der Waals surface area contributed by atoms with Crippen molar-refractivity contribution in [2.24, 2.45) is 11.1 Å². The van der Waals surface area contributed by atoms with Crippen molar-refractivity contribution >= 4 is 17.4 Å². The van der Waals surface area contributed by atoms with Crippen molar-refractivity contribution in [3.05, 3.63) is 40.5 Å². The Balaban J connectivity index is 1.91. The van der Waals surface area contributed by atoms with Gasteiger partial charge in [0.1, 0.15) is 5.82 Å². The first-order valence-corrected chi connectivity index (χ1v) is 10.1. The molecule has 0 spiro atoms. The Bertz CT molecular complexity index is 1100. The number of hydrogen-bond donors (Lipinski definition) is 2. The number of primary amides is 1. The van der Waals surface area contributed by atoms with Gasteiger partial charge in [0, 0.05) is 19.1 Å². The lowest BCUT2D eigenvalue weighted by atomic mass is 9.75. The summed E-state index contributed by atoms with van der Waals surface area (Å²) in [5, 5.41) is 6.66. The average Bonchev–Trinajstić information content (AvgIpc) is 3.27. The van der Waals surface area contributed by atoms with Crippen LogP contribution in [-0.2, 0) is 17.3 Å². The van der Waals surface area contributed by atoms with Crippen LogP contribution in [0.3, 0.4) is 0 Å². The van der Waals surface area contributed by atoms with E-state index in [4.69, 9.17) is 10.5 Å². The van der Waals surface area contributed by atoms with E-state index >= 15 is 0 Å². The van der Waals surface area contributed by atoms with E-state index in [0.717, 1.165) is 10.7 Å². The standard InChI is InChI=1S/C21H22F4N4O3/c1-20(2)7-14-17(15(30)8-20)18(21(23,24)25)28-29(14)11-5-12(22)16(19(26)31)13(6-11)27-10-3-4-32-9-10/h5-6,10,27H,3-4,7-9H2,1-2H3,(H2,26,31)/t10-/m0/s1. The number of ether oxygens (including phenoxy) is 1. The lowest BCUT2D eigenvalue weighted by Gasteiger charge is -2.29. The molecule has 32 heavy (non-hydrogen) atoms. The summed E-state index contributed by atoms with van der Waals surface area (Å²) >= 11 is 0. The van der Waals surface area contributed by atoms with E-state index < -0.39 is 45.9 Å². The fourth-order valence-electron chi connectivity index (χ4n) is 4.31. The number of carbonyl (C=O) groups is 2. The molecule has 1 atom stereocenters. The van der Waals surface area contributed by atoms with Crippen molar-refractivity contribution in [1.82, 2.24) is 9.78 Å². The topological polar surface area (TPSA) is 99.2 Å². The molecule has 1 aliphatic heterocycles. The summed E-state index contributed by atoms with van der Waals surface area (Å²) in [6.07, 6.45) is -4.18. The molecule has 1 aliphatic carbocycles. The highest BCUT2D eigenvalue weighted by atomic mass is 19.4. The van der Waals surface area contributed by atoms with Gasteiger partial charge in [-0.05, 0) is 24.3 Å². The summed E-state index contributed by atoms with van der Waals surface area (Å²) in [5.74, 6) is -2.69. The van der Waals surface area contributed by atoms with E-state index in [1.54, 1.807) is 13.8 Å². The molecule has 4 rings (SSSR count). The van der Waals surface area contributed by atoms with Crippen molar-refractivity contribution in [2.45, 2.75) is 45.3 Å². The van der Waals surface area contributed by atoms with Gasteiger partial charge in [0.2, 0.25) is 0 Å². The van der Waals surface area contributed by atoms with Crippen LogP contribution in [0.15, 0.2) is 12.1 Å². The number of nitrogens with two attached hydrogens (primary N) is 1. The maximum Gasteiger partial charge on any atom is 0.435 e. The molecule has 0 saturated carbocycles. The molecule has 0 radical (unpaired) electrons. The molecule has 11 heteroatoms. The number of rotatable bonds is 4. The van der Waals surface area contributed by atoms with Gasteiger partial charge in [-0.15, -0.1) is 0 Å². The minimum atomic E-state index is -4.86. The molecule has 1 saturated heterocycles. The normalized spacial score (nSPS) is 20.3. The number of alkyl halides is 3. The van der Waals surface area contributed by atoms with Crippen LogP contribution in [-0.4, -0.2) is 40.7 Å². The van der Waals surface area contributed by atoms with Crippen LogP contribution in [0.2, 0.25) is 0 Å². The molecule has 0 bridgehead atoms. The summed E-state index contributed by atoms with van der Waals surface area (Å²) in [4.78, 5) is 24.5. The molecule has 2 heterocycles. The molecule has 172 valence electrons. The van der Waals surface area contributed by atoms with Crippen LogP contribution >= 0.6 is 0 Å². The number of hydrogen-bond acceptors (Lipinski definition) is 5. The lowest BCUT2D eigenvalue weighted by Crippen LogP contribution is -2.29. The van der Waals surface area contributed by atoms with Gasteiger partial charge in [-0.1, -0.05) is 13.8 Å². The molecular weight excluding hydrogens is 432 g/mol. The number of ketones is 1. The van der Waals surface area contributed by atoms with Gasteiger partial charge < -0.3 is 15.8 Å². The van der Waals surface area contributed by atoms with Gasteiger partial charge in [0.25, 0.3) is 5.91 Å². The highest BCUT2D eigenvalue weighted by Gasteiger charge is 2.45. The summed E-state index contributed by atoms with van der Waals surface area (Å²) in [6.45, 7) is 4.33. The number of nitrogens with zero attached hydrogens (tertiary/aromatic N) is 2. The molecule has 1 amide bonds. The first-order chi connectivity index (χ1) is 14.9. The van der Waals surface area contributed by atoms with Crippen LogP contribution in [0, 0.1) is 11.2 Å². The maximum atomic E-state index is 14.9. The zero-order valence-electron chi connectivity index (χ0n) is 17.5. The maximum absolute atomic E-state index is 14.9. The summed E-state index contributed by atoms with van der Waals surface area (Å²) in [6, 6.07) is 2.00. The summed E-state index contributed by atoms with van der Waals surface area (Å²) in [7, 11) is 0. The SMILES string of the molecule is CC1(C)CC(=O)c2c(C(F)(F)F)nn(-c3cc(F)c(C(N)=O)c(N[C@H]4CCOC4)c3)c2C1. The van der Waals surface area contributed by atoms with Crippen molar-refractivity contribution in [3.8, 4) is 5.69 Å². The number of amides is 1. The number of fused-ring (bicyclic) bond motifs is 1. The number of nitrogens with one attached hydrogen (secondary N) is 1. The Hall–Kier alpha value is -2.95. The number of carbonyl (C=O) groups excluding carboxylic acids is 2. The van der Waals surface area contributed by atoms with Gasteiger partial charge in [-0.25, -0.2) is 9.07 Å². The number of halogens is 4. The van der Waals surface area contributed by atoms with Gasteiger partial charge in [0.15, 0.2) is 11.5 Å². The largest absolute Gasteiger partial charge is 0.435 e. The molecule has 1 fully saturated rings.